The highest BCUT2D eigenvalue weighted by Crippen LogP contribution is 2.30. The number of hydrogen-bond donors (Lipinski definition) is 1. The average molecular weight is 295 g/mol. The van der Waals surface area contributed by atoms with E-state index in [-0.39, 0.29) is 5.28 Å². The van der Waals surface area contributed by atoms with Gasteiger partial charge in [-0.05, 0) is 24.1 Å². The molecule has 0 aliphatic carbocycles. The Bertz CT molecular complexity index is 695. The van der Waals surface area contributed by atoms with Crippen molar-refractivity contribution in [3.8, 4) is 0 Å². The van der Waals surface area contributed by atoms with Crippen LogP contribution >= 0.6 is 22.9 Å². The molecule has 19 heavy (non-hydrogen) atoms. The van der Waals surface area contributed by atoms with E-state index >= 15 is 0 Å². The lowest BCUT2D eigenvalue weighted by Gasteiger charge is -2.04. The second kappa shape index (κ2) is 5.14. The van der Waals surface area contributed by atoms with E-state index in [1.54, 1.807) is 23.6 Å². The summed E-state index contributed by atoms with van der Waals surface area (Å²) in [6, 6.07) is 3.90. The zero-order valence-corrected chi connectivity index (χ0v) is 11.8. The highest BCUT2D eigenvalue weighted by Gasteiger charge is 2.10. The van der Waals surface area contributed by atoms with Crippen LogP contribution in [0.4, 0.5) is 5.82 Å². The molecule has 0 bridgehead atoms. The van der Waals surface area contributed by atoms with Gasteiger partial charge in [0.05, 0.1) is 18.1 Å². The maximum atomic E-state index is 5.95. The zero-order chi connectivity index (χ0) is 13.2. The van der Waals surface area contributed by atoms with Crippen LogP contribution < -0.4 is 5.32 Å². The molecule has 0 spiro atoms. The van der Waals surface area contributed by atoms with Gasteiger partial charge in [-0.25, -0.2) is 9.97 Å². The van der Waals surface area contributed by atoms with Gasteiger partial charge in [0.2, 0.25) is 5.28 Å². The van der Waals surface area contributed by atoms with Crippen molar-refractivity contribution in [2.45, 2.75) is 19.9 Å². The number of nitrogens with zero attached hydrogens (tertiary/aromatic N) is 3. The van der Waals surface area contributed by atoms with Crippen LogP contribution in [0.3, 0.4) is 0 Å². The quantitative estimate of drug-likeness (QED) is 0.746. The van der Waals surface area contributed by atoms with Crippen molar-refractivity contribution in [1.82, 2.24) is 15.1 Å². The van der Waals surface area contributed by atoms with E-state index in [1.807, 2.05) is 0 Å². The molecule has 7 heteroatoms. The number of anilines is 1. The van der Waals surface area contributed by atoms with Gasteiger partial charge in [-0.2, -0.15) is 0 Å². The van der Waals surface area contributed by atoms with Crippen molar-refractivity contribution in [2.24, 2.45) is 0 Å². The third-order valence-corrected chi connectivity index (χ3v) is 4.03. The molecule has 0 saturated heterocycles. The SMILES string of the molecule is CCc1cc2c(NCc3ccno3)nc(Cl)nc2s1. The Morgan fingerprint density at radius 2 is 2.32 bits per heavy atom. The van der Waals surface area contributed by atoms with Crippen LogP contribution in [0.5, 0.6) is 0 Å². The molecule has 5 nitrogen and oxygen atoms in total. The Hall–Kier alpha value is -1.66. The van der Waals surface area contributed by atoms with Crippen molar-refractivity contribution in [2.75, 3.05) is 5.32 Å². The summed E-state index contributed by atoms with van der Waals surface area (Å²) >= 11 is 7.58. The molecule has 0 unspecified atom stereocenters. The van der Waals surface area contributed by atoms with Crippen molar-refractivity contribution in [3.63, 3.8) is 0 Å². The van der Waals surface area contributed by atoms with Gasteiger partial charge in [0.25, 0.3) is 0 Å². The van der Waals surface area contributed by atoms with Crippen LogP contribution in [0.2, 0.25) is 5.28 Å². The summed E-state index contributed by atoms with van der Waals surface area (Å²) in [5, 5.41) is 8.10. The van der Waals surface area contributed by atoms with Crippen molar-refractivity contribution in [3.05, 3.63) is 34.3 Å². The number of aryl methyl sites for hydroxylation is 1. The van der Waals surface area contributed by atoms with Crippen LogP contribution in [0, 0.1) is 0 Å². The number of nitrogens with one attached hydrogen (secondary N) is 1. The minimum atomic E-state index is 0.247. The summed E-state index contributed by atoms with van der Waals surface area (Å²) in [7, 11) is 0. The molecule has 3 aromatic rings. The first-order valence-corrected chi connectivity index (χ1v) is 7.05. The van der Waals surface area contributed by atoms with Gasteiger partial charge >= 0.3 is 0 Å². The Balaban J connectivity index is 1.94. The smallest absolute Gasteiger partial charge is 0.225 e. The number of aromatic nitrogens is 3. The van der Waals surface area contributed by atoms with Gasteiger partial charge in [0.1, 0.15) is 10.6 Å². The van der Waals surface area contributed by atoms with Crippen LogP contribution in [0.1, 0.15) is 17.6 Å². The number of rotatable bonds is 4. The first-order chi connectivity index (χ1) is 9.26. The van der Waals surface area contributed by atoms with E-state index in [4.69, 9.17) is 16.1 Å². The van der Waals surface area contributed by atoms with Gasteiger partial charge in [-0.3, -0.25) is 0 Å². The molecule has 3 aromatic heterocycles. The Labute approximate surface area is 118 Å². The van der Waals surface area contributed by atoms with Gasteiger partial charge in [-0.1, -0.05) is 12.1 Å². The Morgan fingerprint density at radius 3 is 3.05 bits per heavy atom. The molecule has 0 aliphatic heterocycles. The highest BCUT2D eigenvalue weighted by atomic mass is 35.5. The monoisotopic (exact) mass is 294 g/mol. The molecule has 0 saturated carbocycles. The summed E-state index contributed by atoms with van der Waals surface area (Å²) in [5.41, 5.74) is 0. The van der Waals surface area contributed by atoms with Gasteiger partial charge < -0.3 is 9.84 Å². The van der Waals surface area contributed by atoms with Crippen LogP contribution in [-0.4, -0.2) is 15.1 Å². The molecule has 3 rings (SSSR count). The Morgan fingerprint density at radius 1 is 1.42 bits per heavy atom. The Kier molecular flexibility index (Phi) is 3.35. The van der Waals surface area contributed by atoms with E-state index in [1.165, 1.54) is 4.88 Å². The zero-order valence-electron chi connectivity index (χ0n) is 10.2. The lowest BCUT2D eigenvalue weighted by Crippen LogP contribution is -2.01. The first kappa shape index (κ1) is 12.4. The molecular weight excluding hydrogens is 284 g/mol. The van der Waals surface area contributed by atoms with Gasteiger partial charge in [0, 0.05) is 10.9 Å². The summed E-state index contributed by atoms with van der Waals surface area (Å²) in [5.74, 6) is 1.47. The van der Waals surface area contributed by atoms with E-state index in [0.717, 1.165) is 28.2 Å². The number of fused-ring (bicyclic) bond motifs is 1. The lowest BCUT2D eigenvalue weighted by molar-refractivity contribution is 0.388. The molecule has 3 heterocycles. The minimum Gasteiger partial charge on any atom is -0.362 e. The van der Waals surface area contributed by atoms with Crippen molar-refractivity contribution in [1.29, 1.82) is 0 Å². The van der Waals surface area contributed by atoms with E-state index in [2.05, 4.69) is 33.4 Å². The predicted octanol–water partition coefficient (Wildman–Crippen LogP) is 3.51. The average Bonchev–Trinajstić information content (AvgIpc) is 3.04. The van der Waals surface area contributed by atoms with E-state index < -0.39 is 0 Å². The molecule has 0 radical (unpaired) electrons. The van der Waals surface area contributed by atoms with Gasteiger partial charge in [0.15, 0.2) is 5.76 Å². The molecule has 0 fully saturated rings. The minimum absolute atomic E-state index is 0.247. The van der Waals surface area contributed by atoms with E-state index in [9.17, 15) is 0 Å². The largest absolute Gasteiger partial charge is 0.362 e. The maximum absolute atomic E-state index is 5.95. The standard InChI is InChI=1S/C12H11ClN4OS/c1-2-8-5-9-10(14-6-7-3-4-15-18-7)16-12(13)17-11(9)19-8/h3-5H,2,6H2,1H3,(H,14,16,17). The summed E-state index contributed by atoms with van der Waals surface area (Å²) in [4.78, 5) is 10.6. The molecule has 0 atom stereocenters. The van der Waals surface area contributed by atoms with E-state index in [0.29, 0.717) is 6.54 Å². The summed E-state index contributed by atoms with van der Waals surface area (Å²) < 4.78 is 5.04. The fourth-order valence-corrected chi connectivity index (χ4v) is 2.94. The third kappa shape index (κ3) is 2.54. The fourth-order valence-electron chi connectivity index (χ4n) is 1.76. The molecule has 0 amide bonds. The molecule has 0 aliphatic rings. The second-order valence-corrected chi connectivity index (χ2v) is 5.41. The molecule has 0 aromatic carbocycles. The number of thiophene rings is 1. The summed E-state index contributed by atoms with van der Waals surface area (Å²) in [6.07, 6.45) is 2.58. The third-order valence-electron chi connectivity index (χ3n) is 2.69. The normalized spacial score (nSPS) is 11.1. The predicted molar refractivity (Wildman–Crippen MR) is 75.6 cm³/mol. The van der Waals surface area contributed by atoms with Crippen molar-refractivity contribution < 1.29 is 4.52 Å². The van der Waals surface area contributed by atoms with Crippen LogP contribution in [0.15, 0.2) is 22.9 Å². The van der Waals surface area contributed by atoms with Crippen LogP contribution in [-0.2, 0) is 13.0 Å². The molecule has 98 valence electrons. The topological polar surface area (TPSA) is 63.8 Å². The first-order valence-electron chi connectivity index (χ1n) is 5.85. The molecular formula is C12H11ClN4OS. The highest BCUT2D eigenvalue weighted by molar-refractivity contribution is 7.18. The van der Waals surface area contributed by atoms with Crippen LogP contribution in [0.25, 0.3) is 10.2 Å². The van der Waals surface area contributed by atoms with Gasteiger partial charge in [-0.15, -0.1) is 11.3 Å². The molecule has 1 N–H and O–H groups in total. The number of halogens is 1. The van der Waals surface area contributed by atoms with Crippen molar-refractivity contribution >= 4 is 39.0 Å². The lowest BCUT2D eigenvalue weighted by atomic mass is 10.3. The fraction of sp³-hybridized carbons (Fsp3) is 0.250. The number of hydrogen-bond acceptors (Lipinski definition) is 6. The second-order valence-electron chi connectivity index (χ2n) is 3.96. The summed E-state index contributed by atoms with van der Waals surface area (Å²) in [6.45, 7) is 2.63. The maximum Gasteiger partial charge on any atom is 0.225 e.